The van der Waals surface area contributed by atoms with Crippen LogP contribution in [0.1, 0.15) is 34.6 Å². The predicted octanol–water partition coefficient (Wildman–Crippen LogP) is 3.68. The van der Waals surface area contributed by atoms with Crippen molar-refractivity contribution in [2.75, 3.05) is 13.2 Å². The van der Waals surface area contributed by atoms with Gasteiger partial charge in [-0.05, 0) is 65.0 Å². The SMILES string of the molecule is CC(C)NS(=O)(=O)c1ccc2cc(OC/C(=C/F)CNC(=O)OC(C)(C)C)ccc2n1. The van der Waals surface area contributed by atoms with Crippen molar-refractivity contribution < 1.29 is 27.1 Å². The van der Waals surface area contributed by atoms with Crippen molar-refractivity contribution in [2.24, 2.45) is 0 Å². The lowest BCUT2D eigenvalue weighted by atomic mass is 10.2. The maximum absolute atomic E-state index is 13.1. The average molecular weight is 454 g/mol. The molecular formula is C21H28FN3O5S. The molecule has 0 unspecified atom stereocenters. The first-order chi connectivity index (χ1) is 14.4. The van der Waals surface area contributed by atoms with Gasteiger partial charge in [-0.1, -0.05) is 0 Å². The minimum atomic E-state index is -3.70. The second kappa shape index (κ2) is 10.1. The summed E-state index contributed by atoms with van der Waals surface area (Å²) in [6.07, 6.45) is -0.278. The molecule has 1 heterocycles. The van der Waals surface area contributed by atoms with Gasteiger partial charge < -0.3 is 14.8 Å². The first-order valence-corrected chi connectivity index (χ1v) is 11.2. The van der Waals surface area contributed by atoms with E-state index in [0.717, 1.165) is 0 Å². The zero-order valence-electron chi connectivity index (χ0n) is 18.2. The molecule has 1 aromatic heterocycles. The van der Waals surface area contributed by atoms with Crippen molar-refractivity contribution in [3.8, 4) is 5.75 Å². The Bertz CT molecular complexity index is 1060. The first kappa shape index (κ1) is 24.5. The van der Waals surface area contributed by atoms with E-state index in [1.807, 2.05) is 0 Å². The number of carbonyl (C=O) groups excluding carboxylic acids is 1. The van der Waals surface area contributed by atoms with Gasteiger partial charge in [-0.3, -0.25) is 0 Å². The van der Waals surface area contributed by atoms with E-state index in [4.69, 9.17) is 9.47 Å². The molecule has 0 aliphatic rings. The maximum atomic E-state index is 13.1. The smallest absolute Gasteiger partial charge is 0.407 e. The van der Waals surface area contributed by atoms with Gasteiger partial charge in [0.25, 0.3) is 10.0 Å². The molecule has 0 aliphatic carbocycles. The summed E-state index contributed by atoms with van der Waals surface area (Å²) in [7, 11) is -3.70. The number of amides is 1. The van der Waals surface area contributed by atoms with Crippen molar-refractivity contribution in [1.29, 1.82) is 0 Å². The number of fused-ring (bicyclic) bond motifs is 1. The number of alkyl carbamates (subject to hydrolysis) is 1. The quantitative estimate of drug-likeness (QED) is 0.632. The Morgan fingerprint density at radius 3 is 2.55 bits per heavy atom. The number of benzene rings is 1. The summed E-state index contributed by atoms with van der Waals surface area (Å²) in [5.41, 5.74) is 0.0423. The Morgan fingerprint density at radius 1 is 1.23 bits per heavy atom. The number of pyridine rings is 1. The molecule has 0 radical (unpaired) electrons. The highest BCUT2D eigenvalue weighted by molar-refractivity contribution is 7.89. The lowest BCUT2D eigenvalue weighted by Crippen LogP contribution is -2.34. The van der Waals surface area contributed by atoms with Gasteiger partial charge in [0, 0.05) is 23.5 Å². The van der Waals surface area contributed by atoms with Crippen LogP contribution in [-0.2, 0) is 14.8 Å². The minimum absolute atomic E-state index is 0.0649. The van der Waals surface area contributed by atoms with Crippen LogP contribution in [0.15, 0.2) is 47.3 Å². The van der Waals surface area contributed by atoms with Gasteiger partial charge in [0.15, 0.2) is 5.03 Å². The van der Waals surface area contributed by atoms with E-state index < -0.39 is 21.7 Å². The van der Waals surface area contributed by atoms with Crippen molar-refractivity contribution in [3.63, 3.8) is 0 Å². The lowest BCUT2D eigenvalue weighted by Gasteiger charge is -2.20. The fourth-order valence-electron chi connectivity index (χ4n) is 2.49. The summed E-state index contributed by atoms with van der Waals surface area (Å²) in [5.74, 6) is 0.446. The van der Waals surface area contributed by atoms with Gasteiger partial charge in [0.05, 0.1) is 11.8 Å². The number of sulfonamides is 1. The topological polar surface area (TPSA) is 107 Å². The predicted molar refractivity (Wildman–Crippen MR) is 116 cm³/mol. The molecule has 0 atom stereocenters. The molecule has 8 nitrogen and oxygen atoms in total. The average Bonchev–Trinajstić information content (AvgIpc) is 2.65. The monoisotopic (exact) mass is 453 g/mol. The van der Waals surface area contributed by atoms with Crippen LogP contribution in [-0.4, -0.2) is 44.3 Å². The molecule has 0 bridgehead atoms. The number of ether oxygens (including phenoxy) is 2. The van der Waals surface area contributed by atoms with E-state index in [-0.39, 0.29) is 29.8 Å². The lowest BCUT2D eigenvalue weighted by molar-refractivity contribution is 0.0531. The zero-order chi connectivity index (χ0) is 23.2. The molecular weight excluding hydrogens is 425 g/mol. The number of rotatable bonds is 8. The Morgan fingerprint density at radius 2 is 1.94 bits per heavy atom. The molecule has 0 fully saturated rings. The number of carbonyl (C=O) groups is 1. The van der Waals surface area contributed by atoms with E-state index in [1.165, 1.54) is 6.07 Å². The van der Waals surface area contributed by atoms with Crippen molar-refractivity contribution in [3.05, 3.63) is 42.2 Å². The largest absolute Gasteiger partial charge is 0.489 e. The van der Waals surface area contributed by atoms with Gasteiger partial charge in [-0.25, -0.2) is 27.3 Å². The first-order valence-electron chi connectivity index (χ1n) is 9.70. The summed E-state index contributed by atoms with van der Waals surface area (Å²) < 4.78 is 50.9. The maximum Gasteiger partial charge on any atom is 0.407 e. The van der Waals surface area contributed by atoms with Crippen LogP contribution in [0, 0.1) is 0 Å². The van der Waals surface area contributed by atoms with Gasteiger partial charge in [0.1, 0.15) is 18.0 Å². The third-order valence-electron chi connectivity index (χ3n) is 3.74. The van der Waals surface area contributed by atoms with E-state index >= 15 is 0 Å². The van der Waals surface area contributed by atoms with Crippen LogP contribution >= 0.6 is 0 Å². The molecule has 0 spiro atoms. The van der Waals surface area contributed by atoms with Gasteiger partial charge in [-0.15, -0.1) is 0 Å². The molecule has 2 N–H and O–H groups in total. The number of nitrogens with zero attached hydrogens (tertiary/aromatic N) is 1. The Hall–Kier alpha value is -2.72. The van der Waals surface area contributed by atoms with E-state index in [2.05, 4.69) is 15.0 Å². The summed E-state index contributed by atoms with van der Waals surface area (Å²) >= 11 is 0. The number of aromatic nitrogens is 1. The molecule has 0 aliphatic heterocycles. The summed E-state index contributed by atoms with van der Waals surface area (Å²) in [4.78, 5) is 15.9. The highest BCUT2D eigenvalue weighted by atomic mass is 32.2. The second-order valence-electron chi connectivity index (χ2n) is 8.19. The normalized spacial score (nSPS) is 12.8. The number of hydrogen-bond acceptors (Lipinski definition) is 6. The van der Waals surface area contributed by atoms with Crippen LogP contribution in [0.3, 0.4) is 0 Å². The van der Waals surface area contributed by atoms with Gasteiger partial charge >= 0.3 is 6.09 Å². The molecule has 2 aromatic rings. The Kier molecular flexibility index (Phi) is 7.96. The number of nitrogens with one attached hydrogen (secondary N) is 2. The van der Waals surface area contributed by atoms with Crippen molar-refractivity contribution in [1.82, 2.24) is 15.0 Å². The Balaban J connectivity index is 2.02. The molecule has 0 saturated carbocycles. The molecule has 31 heavy (non-hydrogen) atoms. The van der Waals surface area contributed by atoms with Gasteiger partial charge in [0.2, 0.25) is 0 Å². The minimum Gasteiger partial charge on any atom is -0.489 e. The van der Waals surface area contributed by atoms with E-state index in [9.17, 15) is 17.6 Å². The zero-order valence-corrected chi connectivity index (χ0v) is 19.0. The van der Waals surface area contributed by atoms with Crippen molar-refractivity contribution >= 4 is 27.0 Å². The van der Waals surface area contributed by atoms with Crippen LogP contribution < -0.4 is 14.8 Å². The Labute approximate surface area is 181 Å². The fourth-order valence-corrected chi connectivity index (χ4v) is 3.70. The summed E-state index contributed by atoms with van der Waals surface area (Å²) in [6.45, 7) is 8.50. The molecule has 2 rings (SSSR count). The molecule has 1 aromatic carbocycles. The third kappa shape index (κ3) is 7.80. The highest BCUT2D eigenvalue weighted by Gasteiger charge is 2.18. The molecule has 10 heteroatoms. The standard InChI is InChI=1S/C21H28FN3O5S/c1-14(2)25-31(27,28)19-9-6-16-10-17(7-8-18(16)24-19)29-13-15(11-22)12-23-20(26)30-21(3,4)5/h6-11,14,25H,12-13H2,1-5H3,(H,23,26)/b15-11+. The molecule has 0 saturated heterocycles. The summed E-state index contributed by atoms with van der Waals surface area (Å²) in [5, 5.41) is 3.06. The van der Waals surface area contributed by atoms with Crippen molar-refractivity contribution in [2.45, 2.75) is 51.3 Å². The highest BCUT2D eigenvalue weighted by Crippen LogP contribution is 2.22. The fraction of sp³-hybridized carbons (Fsp3) is 0.429. The van der Waals surface area contributed by atoms with E-state index in [1.54, 1.807) is 58.9 Å². The summed E-state index contributed by atoms with van der Waals surface area (Å²) in [6, 6.07) is 7.69. The number of halogens is 1. The number of hydrogen-bond donors (Lipinski definition) is 2. The van der Waals surface area contributed by atoms with Crippen LogP contribution in [0.2, 0.25) is 0 Å². The van der Waals surface area contributed by atoms with Crippen LogP contribution in [0.4, 0.5) is 9.18 Å². The van der Waals surface area contributed by atoms with Crippen LogP contribution in [0.5, 0.6) is 5.75 Å². The third-order valence-corrected chi connectivity index (χ3v) is 5.30. The van der Waals surface area contributed by atoms with Gasteiger partial charge in [-0.2, -0.15) is 0 Å². The van der Waals surface area contributed by atoms with Crippen LogP contribution in [0.25, 0.3) is 10.9 Å². The second-order valence-corrected chi connectivity index (χ2v) is 9.85. The molecule has 170 valence electrons. The van der Waals surface area contributed by atoms with E-state index in [0.29, 0.717) is 23.0 Å². The molecule has 1 amide bonds.